The summed E-state index contributed by atoms with van der Waals surface area (Å²) in [4.78, 5) is 16.8. The van der Waals surface area contributed by atoms with Gasteiger partial charge in [-0.25, -0.2) is 14.2 Å². The molecule has 4 nitrogen and oxygen atoms in total. The van der Waals surface area contributed by atoms with Crippen LogP contribution >= 0.6 is 11.3 Å². The molecule has 0 radical (unpaired) electrons. The molecule has 0 saturated carbocycles. The number of aryl methyl sites for hydroxylation is 1. The van der Waals surface area contributed by atoms with Crippen molar-refractivity contribution in [3.8, 4) is 10.6 Å². The average molecular weight is 405 g/mol. The van der Waals surface area contributed by atoms with Crippen molar-refractivity contribution in [3.05, 3.63) is 83.7 Å². The summed E-state index contributed by atoms with van der Waals surface area (Å²) in [7, 11) is 0. The van der Waals surface area contributed by atoms with Crippen LogP contribution in [0.25, 0.3) is 20.8 Å². The molecule has 0 atom stereocenters. The Morgan fingerprint density at radius 2 is 1.79 bits per heavy atom. The normalized spacial score (nSPS) is 10.8. The SMILES string of the molecule is Cc1ccc2nc(-c3ccc(NC(=O)NCCc4ccc(F)cc4)cc3)sc2c1. The molecule has 29 heavy (non-hydrogen) atoms. The number of nitrogens with one attached hydrogen (secondary N) is 2. The molecule has 0 aliphatic rings. The molecule has 0 aliphatic heterocycles. The van der Waals surface area contributed by atoms with Gasteiger partial charge in [-0.3, -0.25) is 0 Å². The standard InChI is InChI=1S/C23H20FN3OS/c1-15-2-11-20-21(14-15)29-22(27-20)17-5-9-19(10-6-17)26-23(28)25-13-12-16-3-7-18(24)8-4-16/h2-11,14H,12-13H2,1H3,(H2,25,26,28). The van der Waals surface area contributed by atoms with Crippen LogP contribution in [0.15, 0.2) is 66.7 Å². The van der Waals surface area contributed by atoms with Crippen molar-refractivity contribution in [3.63, 3.8) is 0 Å². The largest absolute Gasteiger partial charge is 0.338 e. The molecule has 0 bridgehead atoms. The number of carbonyl (C=O) groups is 1. The van der Waals surface area contributed by atoms with Gasteiger partial charge in [-0.2, -0.15) is 0 Å². The second-order valence-electron chi connectivity index (χ2n) is 6.82. The van der Waals surface area contributed by atoms with Crippen LogP contribution in [0.3, 0.4) is 0 Å². The van der Waals surface area contributed by atoms with Crippen molar-refractivity contribution in [2.24, 2.45) is 0 Å². The number of fused-ring (bicyclic) bond motifs is 1. The van der Waals surface area contributed by atoms with Gasteiger partial charge in [0.1, 0.15) is 10.8 Å². The van der Waals surface area contributed by atoms with E-state index in [1.165, 1.54) is 22.4 Å². The van der Waals surface area contributed by atoms with Gasteiger partial charge in [0.05, 0.1) is 10.2 Å². The van der Waals surface area contributed by atoms with E-state index in [0.29, 0.717) is 18.7 Å². The molecule has 0 saturated heterocycles. The van der Waals surface area contributed by atoms with Crippen molar-refractivity contribution in [2.45, 2.75) is 13.3 Å². The maximum atomic E-state index is 12.9. The second-order valence-corrected chi connectivity index (χ2v) is 7.86. The van der Waals surface area contributed by atoms with E-state index in [4.69, 9.17) is 0 Å². The monoisotopic (exact) mass is 405 g/mol. The Hall–Kier alpha value is -3.25. The number of carbonyl (C=O) groups excluding carboxylic acids is 1. The number of aromatic nitrogens is 1. The van der Waals surface area contributed by atoms with E-state index < -0.39 is 0 Å². The predicted octanol–water partition coefficient (Wildman–Crippen LogP) is 5.78. The Labute approximate surface area is 172 Å². The number of urea groups is 1. The summed E-state index contributed by atoms with van der Waals surface area (Å²) >= 11 is 1.66. The first-order chi connectivity index (χ1) is 14.1. The van der Waals surface area contributed by atoms with Gasteiger partial charge < -0.3 is 10.6 Å². The van der Waals surface area contributed by atoms with E-state index in [9.17, 15) is 9.18 Å². The fraction of sp³-hybridized carbons (Fsp3) is 0.130. The zero-order chi connectivity index (χ0) is 20.2. The van der Waals surface area contributed by atoms with E-state index in [1.807, 2.05) is 30.3 Å². The van der Waals surface area contributed by atoms with Gasteiger partial charge >= 0.3 is 6.03 Å². The minimum Gasteiger partial charge on any atom is -0.338 e. The Bertz CT molecular complexity index is 1140. The number of nitrogens with zero attached hydrogens (tertiary/aromatic N) is 1. The van der Waals surface area contributed by atoms with Crippen LogP contribution in [0.5, 0.6) is 0 Å². The highest BCUT2D eigenvalue weighted by Gasteiger charge is 2.07. The van der Waals surface area contributed by atoms with Gasteiger partial charge in [0.2, 0.25) is 0 Å². The smallest absolute Gasteiger partial charge is 0.319 e. The molecule has 146 valence electrons. The molecule has 0 aliphatic carbocycles. The first-order valence-corrected chi connectivity index (χ1v) is 10.2. The van der Waals surface area contributed by atoms with Crippen molar-refractivity contribution >= 4 is 33.3 Å². The van der Waals surface area contributed by atoms with Crippen molar-refractivity contribution in [1.29, 1.82) is 0 Å². The fourth-order valence-corrected chi connectivity index (χ4v) is 4.07. The van der Waals surface area contributed by atoms with Gasteiger partial charge in [-0.15, -0.1) is 11.3 Å². The molecule has 4 rings (SSSR count). The lowest BCUT2D eigenvalue weighted by Crippen LogP contribution is -2.30. The number of rotatable bonds is 5. The molecular formula is C23H20FN3OS. The Balaban J connectivity index is 1.33. The van der Waals surface area contributed by atoms with Crippen LogP contribution in [0.2, 0.25) is 0 Å². The van der Waals surface area contributed by atoms with Crippen molar-refractivity contribution < 1.29 is 9.18 Å². The number of hydrogen-bond acceptors (Lipinski definition) is 3. The lowest BCUT2D eigenvalue weighted by Gasteiger charge is -2.08. The zero-order valence-corrected chi connectivity index (χ0v) is 16.7. The summed E-state index contributed by atoms with van der Waals surface area (Å²) in [5, 5.41) is 6.59. The number of thiazole rings is 1. The number of anilines is 1. The molecule has 6 heteroatoms. The molecule has 2 amide bonds. The second kappa shape index (κ2) is 8.41. The minimum absolute atomic E-state index is 0.260. The summed E-state index contributed by atoms with van der Waals surface area (Å²) in [6.07, 6.45) is 0.643. The molecular weight excluding hydrogens is 385 g/mol. The molecule has 3 aromatic carbocycles. The predicted molar refractivity (Wildman–Crippen MR) is 117 cm³/mol. The summed E-state index contributed by atoms with van der Waals surface area (Å²) < 4.78 is 14.1. The summed E-state index contributed by atoms with van der Waals surface area (Å²) in [5.41, 5.74) is 4.93. The molecule has 0 spiro atoms. The van der Waals surface area contributed by atoms with E-state index in [-0.39, 0.29) is 11.8 Å². The molecule has 1 aromatic heterocycles. The topological polar surface area (TPSA) is 54.0 Å². The fourth-order valence-electron chi connectivity index (χ4n) is 3.00. The molecule has 2 N–H and O–H groups in total. The van der Waals surface area contributed by atoms with Crippen LogP contribution in [0.4, 0.5) is 14.9 Å². The van der Waals surface area contributed by atoms with Gasteiger partial charge in [0, 0.05) is 17.8 Å². The minimum atomic E-state index is -0.268. The zero-order valence-electron chi connectivity index (χ0n) is 15.9. The summed E-state index contributed by atoms with van der Waals surface area (Å²) in [5.74, 6) is -0.260. The number of amides is 2. The Kier molecular flexibility index (Phi) is 5.53. The molecule has 0 unspecified atom stereocenters. The van der Waals surface area contributed by atoms with Crippen LogP contribution in [-0.2, 0) is 6.42 Å². The maximum absolute atomic E-state index is 12.9. The van der Waals surface area contributed by atoms with E-state index in [2.05, 4.69) is 34.7 Å². The highest BCUT2D eigenvalue weighted by molar-refractivity contribution is 7.21. The average Bonchev–Trinajstić information content (AvgIpc) is 3.13. The van der Waals surface area contributed by atoms with Gasteiger partial charge in [-0.05, 0) is 73.0 Å². The van der Waals surface area contributed by atoms with Gasteiger partial charge in [0.25, 0.3) is 0 Å². The van der Waals surface area contributed by atoms with Crippen LogP contribution in [-0.4, -0.2) is 17.6 Å². The van der Waals surface area contributed by atoms with Crippen LogP contribution < -0.4 is 10.6 Å². The molecule has 4 aromatic rings. The third kappa shape index (κ3) is 4.78. The lowest BCUT2D eigenvalue weighted by atomic mass is 10.1. The van der Waals surface area contributed by atoms with Crippen LogP contribution in [0.1, 0.15) is 11.1 Å². The van der Waals surface area contributed by atoms with E-state index >= 15 is 0 Å². The summed E-state index contributed by atoms with van der Waals surface area (Å²) in [6, 6.07) is 19.9. The van der Waals surface area contributed by atoms with Crippen LogP contribution in [0, 0.1) is 12.7 Å². The van der Waals surface area contributed by atoms with Gasteiger partial charge in [0.15, 0.2) is 0 Å². The lowest BCUT2D eigenvalue weighted by molar-refractivity contribution is 0.252. The third-order valence-electron chi connectivity index (χ3n) is 4.55. The quantitative estimate of drug-likeness (QED) is 0.442. The van der Waals surface area contributed by atoms with Crippen molar-refractivity contribution in [2.75, 3.05) is 11.9 Å². The number of benzene rings is 3. The molecule has 0 fully saturated rings. The highest BCUT2D eigenvalue weighted by atomic mass is 32.1. The highest BCUT2D eigenvalue weighted by Crippen LogP contribution is 2.31. The first kappa shape index (κ1) is 19.1. The summed E-state index contributed by atoms with van der Waals surface area (Å²) in [6.45, 7) is 2.55. The Morgan fingerprint density at radius 1 is 1.03 bits per heavy atom. The molecule has 1 heterocycles. The number of hydrogen-bond donors (Lipinski definition) is 2. The van der Waals surface area contributed by atoms with E-state index in [0.717, 1.165) is 21.7 Å². The van der Waals surface area contributed by atoms with E-state index in [1.54, 1.807) is 23.5 Å². The third-order valence-corrected chi connectivity index (χ3v) is 5.61. The maximum Gasteiger partial charge on any atom is 0.319 e. The first-order valence-electron chi connectivity index (χ1n) is 9.34. The van der Waals surface area contributed by atoms with Crippen molar-refractivity contribution in [1.82, 2.24) is 10.3 Å². The Morgan fingerprint density at radius 3 is 2.55 bits per heavy atom. The van der Waals surface area contributed by atoms with Gasteiger partial charge in [-0.1, -0.05) is 18.2 Å². The number of halogens is 1.